The van der Waals surface area contributed by atoms with Crippen molar-refractivity contribution in [2.24, 2.45) is 0 Å². The van der Waals surface area contributed by atoms with Crippen molar-refractivity contribution in [3.05, 3.63) is 48.2 Å². The van der Waals surface area contributed by atoms with E-state index in [1.54, 1.807) is 40.7 Å². The van der Waals surface area contributed by atoms with Crippen LogP contribution in [0.4, 0.5) is 5.69 Å². The number of nitrogens with one attached hydrogen (secondary N) is 1. The normalized spacial score (nSPS) is 15.2. The highest BCUT2D eigenvalue weighted by atomic mass is 32.2. The molecule has 1 aromatic heterocycles. The van der Waals surface area contributed by atoms with Gasteiger partial charge in [-0.25, -0.2) is 13.4 Å². The molecule has 3 rings (SSSR count). The summed E-state index contributed by atoms with van der Waals surface area (Å²) < 4.78 is 31.9. The van der Waals surface area contributed by atoms with Crippen LogP contribution in [0.25, 0.3) is 0 Å². The Hall–Kier alpha value is -2.45. The van der Waals surface area contributed by atoms with E-state index < -0.39 is 10.0 Å². The Bertz CT molecular complexity index is 890. The Kier molecular flexibility index (Phi) is 6.64. The molecule has 0 unspecified atom stereocenters. The number of hydrogen-bond donors (Lipinski definition) is 1. The van der Waals surface area contributed by atoms with E-state index in [0.717, 1.165) is 24.8 Å². The molecule has 0 aliphatic carbocycles. The number of aryl methyl sites for hydroxylation is 1. The minimum absolute atomic E-state index is 0.128. The number of nitrogens with zero attached hydrogens (tertiary/aromatic N) is 2. The summed E-state index contributed by atoms with van der Waals surface area (Å²) in [5.74, 6) is 0.356. The maximum atomic E-state index is 12.7. The van der Waals surface area contributed by atoms with Crippen LogP contribution in [0.15, 0.2) is 47.5 Å². The largest absolute Gasteiger partial charge is 0.481 e. The lowest BCUT2D eigenvalue weighted by atomic mass is 10.1. The predicted molar refractivity (Wildman–Crippen MR) is 107 cm³/mol. The van der Waals surface area contributed by atoms with Gasteiger partial charge < -0.3 is 10.1 Å². The van der Waals surface area contributed by atoms with Crippen LogP contribution >= 0.6 is 0 Å². The summed E-state index contributed by atoms with van der Waals surface area (Å²) in [6, 6.07) is 10.2. The Morgan fingerprint density at radius 3 is 2.43 bits per heavy atom. The molecule has 1 aliphatic heterocycles. The van der Waals surface area contributed by atoms with Crippen molar-refractivity contribution >= 4 is 21.6 Å². The number of carbonyl (C=O) groups excluding carboxylic acids is 1. The summed E-state index contributed by atoms with van der Waals surface area (Å²) in [4.78, 5) is 16.5. The third kappa shape index (κ3) is 5.08. The molecule has 150 valence electrons. The molecule has 0 saturated carbocycles. The molecule has 0 bridgehead atoms. The van der Waals surface area contributed by atoms with Gasteiger partial charge in [0.05, 0.1) is 23.9 Å². The molecule has 1 aliphatic rings. The van der Waals surface area contributed by atoms with E-state index >= 15 is 0 Å². The number of carbonyl (C=O) groups is 1. The molecule has 1 amide bonds. The van der Waals surface area contributed by atoms with E-state index in [1.807, 2.05) is 0 Å². The van der Waals surface area contributed by atoms with Gasteiger partial charge in [0.15, 0.2) is 0 Å². The second-order valence-electron chi connectivity index (χ2n) is 6.75. The van der Waals surface area contributed by atoms with Gasteiger partial charge in [0.1, 0.15) is 0 Å². The molecule has 1 fully saturated rings. The van der Waals surface area contributed by atoms with Gasteiger partial charge in [-0.3, -0.25) is 4.79 Å². The van der Waals surface area contributed by atoms with Crippen LogP contribution in [0.1, 0.15) is 31.2 Å². The zero-order chi connectivity index (χ0) is 20.0. The van der Waals surface area contributed by atoms with Crippen LogP contribution in [-0.4, -0.2) is 43.8 Å². The summed E-state index contributed by atoms with van der Waals surface area (Å²) in [6.07, 6.45) is 5.27. The maximum absolute atomic E-state index is 12.7. The lowest BCUT2D eigenvalue weighted by molar-refractivity contribution is -0.116. The van der Waals surface area contributed by atoms with Crippen LogP contribution < -0.4 is 10.1 Å². The third-order valence-electron chi connectivity index (χ3n) is 4.75. The van der Waals surface area contributed by atoms with Crippen molar-refractivity contribution in [3.63, 3.8) is 0 Å². The fraction of sp³-hybridized carbons (Fsp3) is 0.400. The predicted octanol–water partition coefficient (Wildman–Crippen LogP) is 2.84. The SMILES string of the molecule is COc1ccc(NC(=O)CCc2ccc(S(=O)(=O)N3CCCCC3)cc2)cn1. The molecule has 0 radical (unpaired) electrons. The summed E-state index contributed by atoms with van der Waals surface area (Å²) >= 11 is 0. The molecule has 0 atom stereocenters. The Labute approximate surface area is 165 Å². The number of rotatable bonds is 7. The van der Waals surface area contributed by atoms with Gasteiger partial charge in [-0.15, -0.1) is 0 Å². The van der Waals surface area contributed by atoms with Gasteiger partial charge in [0.2, 0.25) is 21.8 Å². The molecule has 2 aromatic rings. The van der Waals surface area contributed by atoms with Crippen LogP contribution in [0.2, 0.25) is 0 Å². The summed E-state index contributed by atoms with van der Waals surface area (Å²) in [7, 11) is -1.89. The average Bonchev–Trinajstić information content (AvgIpc) is 2.74. The number of ether oxygens (including phenoxy) is 1. The first-order valence-electron chi connectivity index (χ1n) is 9.38. The van der Waals surface area contributed by atoms with Gasteiger partial charge in [0.25, 0.3) is 0 Å². The fourth-order valence-corrected chi connectivity index (χ4v) is 4.66. The number of anilines is 1. The lowest BCUT2D eigenvalue weighted by Crippen LogP contribution is -2.35. The van der Waals surface area contributed by atoms with E-state index in [9.17, 15) is 13.2 Å². The van der Waals surface area contributed by atoms with Crippen LogP contribution in [0.5, 0.6) is 5.88 Å². The molecule has 0 spiro atoms. The number of piperidine rings is 1. The molecule has 1 N–H and O–H groups in total. The minimum atomic E-state index is -3.42. The first kappa shape index (κ1) is 20.3. The summed E-state index contributed by atoms with van der Waals surface area (Å²) in [5.41, 5.74) is 1.52. The number of aromatic nitrogens is 1. The molecule has 28 heavy (non-hydrogen) atoms. The monoisotopic (exact) mass is 403 g/mol. The number of amides is 1. The second-order valence-corrected chi connectivity index (χ2v) is 8.68. The maximum Gasteiger partial charge on any atom is 0.243 e. The van der Waals surface area contributed by atoms with Crippen molar-refractivity contribution in [2.45, 2.75) is 37.0 Å². The first-order valence-corrected chi connectivity index (χ1v) is 10.8. The number of sulfonamides is 1. The van der Waals surface area contributed by atoms with E-state index in [4.69, 9.17) is 4.74 Å². The Morgan fingerprint density at radius 2 is 1.82 bits per heavy atom. The summed E-state index contributed by atoms with van der Waals surface area (Å²) in [6.45, 7) is 1.18. The molecule has 2 heterocycles. The second kappa shape index (κ2) is 9.16. The zero-order valence-corrected chi connectivity index (χ0v) is 16.7. The Balaban J connectivity index is 1.54. The molecule has 7 nitrogen and oxygen atoms in total. The number of pyridine rings is 1. The van der Waals surface area contributed by atoms with Gasteiger partial charge in [0, 0.05) is 25.6 Å². The number of benzene rings is 1. The number of hydrogen-bond acceptors (Lipinski definition) is 5. The third-order valence-corrected chi connectivity index (χ3v) is 6.66. The zero-order valence-electron chi connectivity index (χ0n) is 15.9. The van der Waals surface area contributed by atoms with Crippen molar-refractivity contribution in [3.8, 4) is 5.88 Å². The Morgan fingerprint density at radius 1 is 1.11 bits per heavy atom. The van der Waals surface area contributed by atoms with Gasteiger partial charge >= 0.3 is 0 Å². The van der Waals surface area contributed by atoms with Crippen LogP contribution in [0.3, 0.4) is 0 Å². The van der Waals surface area contributed by atoms with Crippen LogP contribution in [-0.2, 0) is 21.2 Å². The van der Waals surface area contributed by atoms with E-state index in [2.05, 4.69) is 10.3 Å². The highest BCUT2D eigenvalue weighted by molar-refractivity contribution is 7.89. The smallest absolute Gasteiger partial charge is 0.243 e. The van der Waals surface area contributed by atoms with E-state index in [0.29, 0.717) is 42.4 Å². The average molecular weight is 404 g/mol. The topological polar surface area (TPSA) is 88.6 Å². The molecule has 1 saturated heterocycles. The molecular weight excluding hydrogens is 378 g/mol. The fourth-order valence-electron chi connectivity index (χ4n) is 3.14. The van der Waals surface area contributed by atoms with E-state index in [-0.39, 0.29) is 5.91 Å². The van der Waals surface area contributed by atoms with Crippen molar-refractivity contribution in [1.29, 1.82) is 0 Å². The molecule has 1 aromatic carbocycles. The van der Waals surface area contributed by atoms with Gasteiger partial charge in [-0.1, -0.05) is 18.6 Å². The first-order chi connectivity index (χ1) is 13.5. The van der Waals surface area contributed by atoms with E-state index in [1.165, 1.54) is 13.3 Å². The molecule has 8 heteroatoms. The summed E-state index contributed by atoms with van der Waals surface area (Å²) in [5, 5.41) is 2.78. The minimum Gasteiger partial charge on any atom is -0.481 e. The van der Waals surface area contributed by atoms with Crippen molar-refractivity contribution in [2.75, 3.05) is 25.5 Å². The quantitative estimate of drug-likeness (QED) is 0.768. The van der Waals surface area contributed by atoms with Crippen LogP contribution in [0, 0.1) is 0 Å². The van der Waals surface area contributed by atoms with Gasteiger partial charge in [-0.05, 0) is 43.0 Å². The van der Waals surface area contributed by atoms with Crippen molar-refractivity contribution in [1.82, 2.24) is 9.29 Å². The standard InChI is InChI=1S/C20H25N3O4S/c1-27-20-12-8-17(15-21-20)22-19(24)11-7-16-5-9-18(10-6-16)28(25,26)23-13-3-2-4-14-23/h5-6,8-10,12,15H,2-4,7,11,13-14H2,1H3,(H,22,24). The lowest BCUT2D eigenvalue weighted by Gasteiger charge is -2.25. The highest BCUT2D eigenvalue weighted by Crippen LogP contribution is 2.21. The van der Waals surface area contributed by atoms with Gasteiger partial charge in [-0.2, -0.15) is 4.31 Å². The molecular formula is C20H25N3O4S. The number of methoxy groups -OCH3 is 1. The van der Waals surface area contributed by atoms with Crippen molar-refractivity contribution < 1.29 is 17.9 Å². The highest BCUT2D eigenvalue weighted by Gasteiger charge is 2.25.